The summed E-state index contributed by atoms with van der Waals surface area (Å²) in [6, 6.07) is 13.2. The van der Waals surface area contributed by atoms with Gasteiger partial charge in [0, 0.05) is 44.9 Å². The van der Waals surface area contributed by atoms with Crippen LogP contribution in [0.25, 0.3) is 22.6 Å². The third-order valence-corrected chi connectivity index (χ3v) is 6.40. The van der Waals surface area contributed by atoms with Crippen LogP contribution in [0.3, 0.4) is 0 Å². The number of amides is 3. The number of benzene rings is 1. The summed E-state index contributed by atoms with van der Waals surface area (Å²) in [5.41, 5.74) is 2.57. The number of aromatic amines is 1. The maximum absolute atomic E-state index is 12.7. The van der Waals surface area contributed by atoms with Crippen LogP contribution in [-0.2, 0) is 4.79 Å². The molecule has 0 saturated carbocycles. The molecular formula is C23H23N7O3. The van der Waals surface area contributed by atoms with Crippen molar-refractivity contribution in [2.45, 2.75) is 12.8 Å². The maximum atomic E-state index is 12.7. The van der Waals surface area contributed by atoms with Gasteiger partial charge < -0.3 is 14.7 Å². The van der Waals surface area contributed by atoms with E-state index < -0.39 is 0 Å². The Kier molecular flexibility index (Phi) is 4.79. The number of urea groups is 1. The van der Waals surface area contributed by atoms with E-state index in [1.807, 2.05) is 47.5 Å². The molecule has 2 fully saturated rings. The molecule has 2 saturated heterocycles. The number of H-pyrrole nitrogens is 1. The zero-order valence-electron chi connectivity index (χ0n) is 17.9. The highest BCUT2D eigenvalue weighted by Gasteiger charge is 2.44. The molecule has 10 heteroatoms. The molecule has 3 aliphatic heterocycles. The van der Waals surface area contributed by atoms with Crippen LogP contribution < -0.4 is 4.84 Å². The highest BCUT2D eigenvalue weighted by atomic mass is 16.7. The lowest BCUT2D eigenvalue weighted by Crippen LogP contribution is -2.44. The third-order valence-electron chi connectivity index (χ3n) is 6.40. The van der Waals surface area contributed by atoms with Gasteiger partial charge in [-0.05, 0) is 36.5 Å². The molecule has 168 valence electrons. The number of aromatic nitrogens is 3. The summed E-state index contributed by atoms with van der Waals surface area (Å²) < 4.78 is 0. The number of fused-ring (bicyclic) bond motifs is 2. The Morgan fingerprint density at radius 2 is 1.82 bits per heavy atom. The maximum Gasteiger partial charge on any atom is 0.347 e. The number of hydrogen-bond acceptors (Lipinski definition) is 7. The summed E-state index contributed by atoms with van der Waals surface area (Å²) >= 11 is 0. The molecule has 2 atom stereocenters. The van der Waals surface area contributed by atoms with E-state index in [0.717, 1.165) is 16.0 Å². The highest BCUT2D eigenvalue weighted by molar-refractivity contribution is 5.97. The number of pyridine rings is 1. The number of hydrogen-bond donors (Lipinski definition) is 1. The average molecular weight is 445 g/mol. The minimum atomic E-state index is -0.321. The summed E-state index contributed by atoms with van der Waals surface area (Å²) in [5.74, 6) is 1.55. The molecule has 2 unspecified atom stereocenters. The molecule has 2 aromatic heterocycles. The molecular weight excluding hydrogens is 422 g/mol. The van der Waals surface area contributed by atoms with Crippen molar-refractivity contribution in [1.82, 2.24) is 29.9 Å². The van der Waals surface area contributed by atoms with E-state index in [0.29, 0.717) is 56.4 Å². The predicted octanol–water partition coefficient (Wildman–Crippen LogP) is 2.51. The Balaban J connectivity index is 1.10. The van der Waals surface area contributed by atoms with Crippen molar-refractivity contribution in [2.75, 3.05) is 26.2 Å². The number of carbonyl (C=O) groups is 2. The van der Waals surface area contributed by atoms with Gasteiger partial charge in [-0.3, -0.25) is 4.79 Å². The number of nitrogens with one attached hydrogen (secondary N) is 1. The molecule has 33 heavy (non-hydrogen) atoms. The first kappa shape index (κ1) is 19.9. The van der Waals surface area contributed by atoms with Gasteiger partial charge >= 0.3 is 6.03 Å². The third kappa shape index (κ3) is 3.72. The van der Waals surface area contributed by atoms with E-state index in [4.69, 9.17) is 4.84 Å². The number of nitrogens with zero attached hydrogens (tertiary/aromatic N) is 6. The molecule has 0 bridgehead atoms. The van der Waals surface area contributed by atoms with E-state index in [9.17, 15) is 9.59 Å². The zero-order chi connectivity index (χ0) is 22.4. The summed E-state index contributed by atoms with van der Waals surface area (Å²) in [6.07, 6.45) is 2.54. The fraction of sp³-hybridized carbons (Fsp3) is 0.348. The fourth-order valence-corrected chi connectivity index (χ4v) is 4.77. The summed E-state index contributed by atoms with van der Waals surface area (Å²) in [4.78, 5) is 45.0. The Hall–Kier alpha value is -3.79. The number of imidazole rings is 1. The van der Waals surface area contributed by atoms with Crippen LogP contribution >= 0.6 is 0 Å². The van der Waals surface area contributed by atoms with Gasteiger partial charge in [0.15, 0.2) is 5.82 Å². The molecule has 10 nitrogen and oxygen atoms in total. The smallest absolute Gasteiger partial charge is 0.347 e. The largest absolute Gasteiger partial charge is 0.386 e. The van der Waals surface area contributed by atoms with Crippen molar-refractivity contribution in [3.63, 3.8) is 0 Å². The molecule has 1 N–H and O–H groups in total. The normalized spacial score (nSPS) is 22.8. The van der Waals surface area contributed by atoms with Gasteiger partial charge in [0.2, 0.25) is 5.88 Å². The molecule has 0 radical (unpaired) electrons. The van der Waals surface area contributed by atoms with Gasteiger partial charge in [-0.25, -0.2) is 14.8 Å². The van der Waals surface area contributed by atoms with Gasteiger partial charge in [-0.2, -0.15) is 5.10 Å². The van der Waals surface area contributed by atoms with E-state index in [1.54, 1.807) is 11.1 Å². The molecule has 0 spiro atoms. The number of para-hydroxylation sites is 2. The zero-order valence-corrected chi connectivity index (χ0v) is 17.9. The van der Waals surface area contributed by atoms with Crippen molar-refractivity contribution in [2.24, 2.45) is 16.9 Å². The summed E-state index contributed by atoms with van der Waals surface area (Å²) in [5, 5.41) is 6.90. The second-order valence-electron chi connectivity index (χ2n) is 8.65. The van der Waals surface area contributed by atoms with Crippen LogP contribution in [0.1, 0.15) is 12.8 Å². The molecule has 3 aromatic rings. The van der Waals surface area contributed by atoms with Crippen molar-refractivity contribution in [3.05, 3.63) is 42.5 Å². The number of hydroxylamine groups is 2. The van der Waals surface area contributed by atoms with Crippen molar-refractivity contribution < 1.29 is 14.4 Å². The van der Waals surface area contributed by atoms with Crippen LogP contribution in [0.2, 0.25) is 0 Å². The predicted molar refractivity (Wildman–Crippen MR) is 120 cm³/mol. The van der Waals surface area contributed by atoms with Gasteiger partial charge in [0.05, 0.1) is 11.0 Å². The first-order chi connectivity index (χ1) is 16.1. The monoisotopic (exact) mass is 445 g/mol. The highest BCUT2D eigenvalue weighted by Crippen LogP contribution is 2.32. The first-order valence-electron chi connectivity index (χ1n) is 11.1. The van der Waals surface area contributed by atoms with E-state index >= 15 is 0 Å². The number of rotatable bonds is 3. The van der Waals surface area contributed by atoms with Gasteiger partial charge in [0.25, 0.3) is 5.91 Å². The molecule has 0 aliphatic carbocycles. The lowest BCUT2D eigenvalue weighted by molar-refractivity contribution is -0.129. The second-order valence-corrected chi connectivity index (χ2v) is 8.65. The molecule has 3 aliphatic rings. The Bertz CT molecular complexity index is 1210. The Morgan fingerprint density at radius 1 is 1.00 bits per heavy atom. The number of imide groups is 1. The lowest BCUT2D eigenvalue weighted by atomic mass is 10.0. The SMILES string of the molecule is O=C1CCC=NN1C(=O)N1CC2CN(Oc3cccc(-c4nc5ccccc5[nH]4)n3)CC2C1. The van der Waals surface area contributed by atoms with Crippen LogP contribution in [0.15, 0.2) is 47.6 Å². The molecule has 5 heterocycles. The Labute approximate surface area is 189 Å². The van der Waals surface area contributed by atoms with Crippen LogP contribution in [0.4, 0.5) is 4.79 Å². The summed E-state index contributed by atoms with van der Waals surface area (Å²) in [6.45, 7) is 2.58. The van der Waals surface area contributed by atoms with Crippen LogP contribution in [-0.4, -0.2) is 74.3 Å². The van der Waals surface area contributed by atoms with Crippen molar-refractivity contribution in [1.29, 1.82) is 0 Å². The fourth-order valence-electron chi connectivity index (χ4n) is 4.77. The first-order valence-corrected chi connectivity index (χ1v) is 11.1. The van der Waals surface area contributed by atoms with Gasteiger partial charge in [-0.1, -0.05) is 18.2 Å². The van der Waals surface area contributed by atoms with Crippen molar-refractivity contribution in [3.8, 4) is 17.4 Å². The van der Waals surface area contributed by atoms with Crippen LogP contribution in [0, 0.1) is 11.8 Å². The quantitative estimate of drug-likeness (QED) is 0.664. The molecule has 1 aromatic carbocycles. The Morgan fingerprint density at radius 3 is 2.61 bits per heavy atom. The minimum absolute atomic E-state index is 0.236. The van der Waals surface area contributed by atoms with E-state index in [2.05, 4.69) is 20.1 Å². The van der Waals surface area contributed by atoms with E-state index in [1.165, 1.54) is 0 Å². The van der Waals surface area contributed by atoms with Crippen molar-refractivity contribution >= 4 is 29.2 Å². The van der Waals surface area contributed by atoms with E-state index in [-0.39, 0.29) is 23.8 Å². The molecule has 6 rings (SSSR count). The number of likely N-dealkylation sites (tertiary alicyclic amines) is 1. The number of carbonyl (C=O) groups excluding carboxylic acids is 2. The second kappa shape index (κ2) is 7.96. The molecule has 3 amide bonds. The lowest BCUT2D eigenvalue weighted by Gasteiger charge is -2.26. The van der Waals surface area contributed by atoms with Gasteiger partial charge in [0.1, 0.15) is 5.69 Å². The minimum Gasteiger partial charge on any atom is -0.386 e. The van der Waals surface area contributed by atoms with Gasteiger partial charge in [-0.15, -0.1) is 10.1 Å². The standard InChI is InChI=1S/C23H23N7O3/c31-21-9-4-10-24-30(21)23(32)28-11-15-13-29(14-16(15)12-28)33-20-8-3-7-19(25-20)22-26-17-5-1-2-6-18(17)27-22/h1-3,5-8,10,15-16H,4,9,11-14H2,(H,26,27). The average Bonchev–Trinajstić information content (AvgIpc) is 3.52. The summed E-state index contributed by atoms with van der Waals surface area (Å²) in [7, 11) is 0. The topological polar surface area (TPSA) is 107 Å². The number of hydrazone groups is 1. The van der Waals surface area contributed by atoms with Crippen LogP contribution in [0.5, 0.6) is 5.88 Å².